The number of halogens is 1. The molecule has 0 amide bonds. The van der Waals surface area contributed by atoms with Crippen molar-refractivity contribution in [2.45, 2.75) is 13.1 Å². The van der Waals surface area contributed by atoms with E-state index in [0.29, 0.717) is 19.0 Å². The highest BCUT2D eigenvalue weighted by Crippen LogP contribution is 2.25. The summed E-state index contributed by atoms with van der Waals surface area (Å²) in [4.78, 5) is 8.45. The van der Waals surface area contributed by atoms with Gasteiger partial charge in [-0.25, -0.2) is 9.37 Å². The summed E-state index contributed by atoms with van der Waals surface area (Å²) in [5.74, 6) is 0.147. The van der Waals surface area contributed by atoms with Crippen LogP contribution in [0.1, 0.15) is 11.3 Å². The van der Waals surface area contributed by atoms with Gasteiger partial charge in [0.15, 0.2) is 11.6 Å². The van der Waals surface area contributed by atoms with Gasteiger partial charge in [-0.1, -0.05) is 24.3 Å². The predicted octanol–water partition coefficient (Wildman–Crippen LogP) is 3.70. The van der Waals surface area contributed by atoms with E-state index in [-0.39, 0.29) is 5.75 Å². The number of para-hydroxylation sites is 1. The number of benzene rings is 1. The lowest BCUT2D eigenvalue weighted by molar-refractivity contribution is 0.420. The Kier molecular flexibility index (Phi) is 4.91. The third-order valence-electron chi connectivity index (χ3n) is 3.24. The summed E-state index contributed by atoms with van der Waals surface area (Å²) in [6.45, 7) is 1.18. The van der Waals surface area contributed by atoms with E-state index in [0.717, 1.165) is 11.3 Å². The minimum Gasteiger partial charge on any atom is -0.436 e. The minimum absolute atomic E-state index is 0.164. The van der Waals surface area contributed by atoms with Crippen LogP contribution in [0.3, 0.4) is 0 Å². The van der Waals surface area contributed by atoms with Gasteiger partial charge in [0.25, 0.3) is 0 Å². The highest BCUT2D eigenvalue weighted by atomic mass is 19.1. The van der Waals surface area contributed by atoms with Crippen LogP contribution in [0.5, 0.6) is 11.6 Å². The topological polar surface area (TPSA) is 47.0 Å². The molecule has 23 heavy (non-hydrogen) atoms. The second-order valence-corrected chi connectivity index (χ2v) is 4.92. The van der Waals surface area contributed by atoms with E-state index in [9.17, 15) is 4.39 Å². The predicted molar refractivity (Wildman–Crippen MR) is 85.5 cm³/mol. The molecular weight excluding hydrogens is 293 g/mol. The van der Waals surface area contributed by atoms with Gasteiger partial charge in [-0.15, -0.1) is 0 Å². The lowest BCUT2D eigenvalue weighted by atomic mass is 10.2. The first-order chi connectivity index (χ1) is 11.3. The third kappa shape index (κ3) is 4.11. The molecule has 0 radical (unpaired) electrons. The van der Waals surface area contributed by atoms with Gasteiger partial charge < -0.3 is 10.1 Å². The van der Waals surface area contributed by atoms with Gasteiger partial charge >= 0.3 is 0 Å². The Morgan fingerprint density at radius 1 is 0.870 bits per heavy atom. The molecule has 1 N–H and O–H groups in total. The molecule has 0 atom stereocenters. The maximum atomic E-state index is 13.7. The van der Waals surface area contributed by atoms with Crippen LogP contribution in [-0.4, -0.2) is 9.97 Å². The van der Waals surface area contributed by atoms with Gasteiger partial charge in [0, 0.05) is 31.0 Å². The Hall–Kier alpha value is -2.79. The van der Waals surface area contributed by atoms with Crippen molar-refractivity contribution in [1.29, 1.82) is 0 Å². The fraction of sp³-hybridized carbons (Fsp3) is 0.111. The zero-order chi connectivity index (χ0) is 15.9. The van der Waals surface area contributed by atoms with Gasteiger partial charge in [-0.2, -0.15) is 0 Å². The Morgan fingerprint density at radius 3 is 2.52 bits per heavy atom. The molecule has 116 valence electrons. The Bertz CT molecular complexity index is 765. The van der Waals surface area contributed by atoms with Crippen LogP contribution in [-0.2, 0) is 13.1 Å². The molecule has 0 spiro atoms. The van der Waals surface area contributed by atoms with Gasteiger partial charge in [0.05, 0.1) is 5.69 Å². The zero-order valence-electron chi connectivity index (χ0n) is 12.4. The standard InChI is InChI=1S/C18H16FN3O/c19-16-8-1-2-9-17(16)23-18-14(6-5-11-22-18)12-20-13-15-7-3-4-10-21-15/h1-11,20H,12-13H2. The van der Waals surface area contributed by atoms with Gasteiger partial charge in [0.1, 0.15) is 0 Å². The summed E-state index contributed by atoms with van der Waals surface area (Å²) in [5, 5.41) is 3.28. The van der Waals surface area contributed by atoms with E-state index in [2.05, 4.69) is 15.3 Å². The van der Waals surface area contributed by atoms with Crippen LogP contribution in [0.2, 0.25) is 0 Å². The maximum absolute atomic E-state index is 13.7. The van der Waals surface area contributed by atoms with E-state index >= 15 is 0 Å². The molecule has 3 rings (SSSR count). The zero-order valence-corrected chi connectivity index (χ0v) is 12.4. The monoisotopic (exact) mass is 309 g/mol. The number of rotatable bonds is 6. The maximum Gasteiger partial charge on any atom is 0.223 e. The second kappa shape index (κ2) is 7.47. The van der Waals surface area contributed by atoms with Gasteiger partial charge in [-0.3, -0.25) is 4.98 Å². The molecule has 0 saturated heterocycles. The van der Waals surface area contributed by atoms with E-state index < -0.39 is 5.82 Å². The Balaban J connectivity index is 1.67. The first kappa shape index (κ1) is 15.1. The summed E-state index contributed by atoms with van der Waals surface area (Å²) < 4.78 is 19.3. The first-order valence-corrected chi connectivity index (χ1v) is 7.30. The Morgan fingerprint density at radius 2 is 1.70 bits per heavy atom. The van der Waals surface area contributed by atoms with Crippen molar-refractivity contribution in [2.24, 2.45) is 0 Å². The van der Waals surface area contributed by atoms with E-state index in [1.807, 2.05) is 30.3 Å². The molecule has 2 aromatic heterocycles. The van der Waals surface area contributed by atoms with Crippen molar-refractivity contribution in [3.8, 4) is 11.6 Å². The first-order valence-electron chi connectivity index (χ1n) is 7.30. The summed E-state index contributed by atoms with van der Waals surface area (Å²) in [6.07, 6.45) is 3.38. The molecule has 0 saturated carbocycles. The summed E-state index contributed by atoms with van der Waals surface area (Å²) in [6, 6.07) is 15.8. The van der Waals surface area contributed by atoms with Crippen molar-refractivity contribution in [1.82, 2.24) is 15.3 Å². The molecule has 2 heterocycles. The van der Waals surface area contributed by atoms with Crippen molar-refractivity contribution in [2.75, 3.05) is 0 Å². The fourth-order valence-electron chi connectivity index (χ4n) is 2.11. The molecule has 3 aromatic rings. The van der Waals surface area contributed by atoms with Crippen molar-refractivity contribution in [3.05, 3.63) is 84.1 Å². The van der Waals surface area contributed by atoms with E-state index in [1.54, 1.807) is 30.6 Å². The van der Waals surface area contributed by atoms with E-state index in [1.165, 1.54) is 6.07 Å². The molecule has 0 bridgehead atoms. The van der Waals surface area contributed by atoms with Crippen LogP contribution >= 0.6 is 0 Å². The fourth-order valence-corrected chi connectivity index (χ4v) is 2.11. The molecule has 0 aliphatic carbocycles. The number of aromatic nitrogens is 2. The van der Waals surface area contributed by atoms with Crippen molar-refractivity contribution >= 4 is 0 Å². The highest BCUT2D eigenvalue weighted by Gasteiger charge is 2.09. The van der Waals surface area contributed by atoms with Crippen LogP contribution < -0.4 is 10.1 Å². The summed E-state index contributed by atoms with van der Waals surface area (Å²) in [7, 11) is 0. The van der Waals surface area contributed by atoms with Crippen molar-refractivity contribution < 1.29 is 9.13 Å². The lowest BCUT2D eigenvalue weighted by Crippen LogP contribution is -2.14. The molecule has 0 unspecified atom stereocenters. The molecule has 0 aliphatic rings. The minimum atomic E-state index is -0.412. The average Bonchev–Trinajstić information content (AvgIpc) is 2.59. The summed E-state index contributed by atoms with van der Waals surface area (Å²) >= 11 is 0. The number of nitrogens with zero attached hydrogens (tertiary/aromatic N) is 2. The highest BCUT2D eigenvalue weighted by molar-refractivity contribution is 5.33. The molecule has 0 fully saturated rings. The average molecular weight is 309 g/mol. The quantitative estimate of drug-likeness (QED) is 0.754. The number of pyridine rings is 2. The lowest BCUT2D eigenvalue weighted by Gasteiger charge is -2.11. The van der Waals surface area contributed by atoms with E-state index in [4.69, 9.17) is 4.74 Å². The second-order valence-electron chi connectivity index (χ2n) is 4.92. The van der Waals surface area contributed by atoms with Crippen molar-refractivity contribution in [3.63, 3.8) is 0 Å². The summed E-state index contributed by atoms with van der Waals surface area (Å²) in [5.41, 5.74) is 1.81. The normalized spacial score (nSPS) is 10.5. The smallest absolute Gasteiger partial charge is 0.223 e. The third-order valence-corrected chi connectivity index (χ3v) is 3.24. The Labute approximate surface area is 134 Å². The molecular formula is C18H16FN3O. The molecule has 1 aromatic carbocycles. The number of hydrogen-bond acceptors (Lipinski definition) is 4. The number of hydrogen-bond donors (Lipinski definition) is 1. The largest absolute Gasteiger partial charge is 0.436 e. The number of ether oxygens (including phenoxy) is 1. The van der Waals surface area contributed by atoms with Crippen LogP contribution in [0.4, 0.5) is 4.39 Å². The molecule has 4 nitrogen and oxygen atoms in total. The van der Waals surface area contributed by atoms with Crippen LogP contribution in [0.15, 0.2) is 67.0 Å². The SMILES string of the molecule is Fc1ccccc1Oc1ncccc1CNCc1ccccn1. The van der Waals surface area contributed by atoms with Crippen LogP contribution in [0, 0.1) is 5.82 Å². The molecule has 5 heteroatoms. The van der Waals surface area contributed by atoms with Crippen LogP contribution in [0.25, 0.3) is 0 Å². The van der Waals surface area contributed by atoms with Gasteiger partial charge in [-0.05, 0) is 30.3 Å². The molecule has 0 aliphatic heterocycles. The van der Waals surface area contributed by atoms with Gasteiger partial charge in [0.2, 0.25) is 5.88 Å². The number of nitrogens with one attached hydrogen (secondary N) is 1.